The van der Waals surface area contributed by atoms with Crippen LogP contribution in [0.15, 0.2) is 53.1 Å². The molecular weight excluding hydrogens is 346 g/mol. The number of aryl methyl sites for hydroxylation is 2. The van der Waals surface area contributed by atoms with Gasteiger partial charge in [-0.3, -0.25) is 9.78 Å². The van der Waals surface area contributed by atoms with Gasteiger partial charge in [-0.1, -0.05) is 35.5 Å². The molecule has 1 atom stereocenters. The number of nitrogens with zero attached hydrogens (tertiary/aromatic N) is 2. The van der Waals surface area contributed by atoms with E-state index in [-0.39, 0.29) is 5.82 Å². The summed E-state index contributed by atoms with van der Waals surface area (Å²) >= 11 is 0. The third-order valence-corrected chi connectivity index (χ3v) is 3.91. The average molecular weight is 365 g/mol. The van der Waals surface area contributed by atoms with E-state index in [4.69, 9.17) is 9.26 Å². The molecule has 3 aromatic rings. The zero-order valence-electron chi connectivity index (χ0n) is 15.2. The predicted octanol–water partition coefficient (Wildman–Crippen LogP) is 3.54. The number of carbonyl (C=O) groups is 2. The molecule has 0 aliphatic carbocycles. The van der Waals surface area contributed by atoms with E-state index in [2.05, 4.69) is 15.5 Å². The Bertz CT molecular complexity index is 966. The molecule has 1 amide bonds. The molecule has 0 aliphatic rings. The van der Waals surface area contributed by atoms with Crippen LogP contribution in [0.4, 0.5) is 5.82 Å². The molecule has 0 saturated carbocycles. The summed E-state index contributed by atoms with van der Waals surface area (Å²) < 4.78 is 10.1. The number of nitrogens with one attached hydrogen (secondary N) is 1. The van der Waals surface area contributed by atoms with Crippen LogP contribution < -0.4 is 5.32 Å². The molecule has 0 radical (unpaired) electrons. The van der Waals surface area contributed by atoms with Gasteiger partial charge in [0.1, 0.15) is 5.76 Å². The van der Waals surface area contributed by atoms with Gasteiger partial charge in [-0.25, -0.2) is 4.79 Å². The molecule has 0 aliphatic heterocycles. The second-order valence-corrected chi connectivity index (χ2v) is 6.06. The lowest BCUT2D eigenvalue weighted by Gasteiger charge is -2.13. The van der Waals surface area contributed by atoms with Crippen molar-refractivity contribution in [2.45, 2.75) is 26.9 Å². The van der Waals surface area contributed by atoms with E-state index < -0.39 is 18.0 Å². The van der Waals surface area contributed by atoms with Gasteiger partial charge in [-0.2, -0.15) is 0 Å². The predicted molar refractivity (Wildman–Crippen MR) is 99.2 cm³/mol. The Morgan fingerprint density at radius 3 is 2.48 bits per heavy atom. The van der Waals surface area contributed by atoms with Gasteiger partial charge >= 0.3 is 5.97 Å². The van der Waals surface area contributed by atoms with Gasteiger partial charge in [-0.05, 0) is 32.9 Å². The summed E-state index contributed by atoms with van der Waals surface area (Å²) in [5, 5.41) is 6.20. The van der Waals surface area contributed by atoms with Crippen LogP contribution in [0.3, 0.4) is 0 Å². The molecule has 1 aromatic carbocycles. The summed E-state index contributed by atoms with van der Waals surface area (Å²) in [5.74, 6) is -0.276. The van der Waals surface area contributed by atoms with E-state index in [1.54, 1.807) is 32.0 Å². The van der Waals surface area contributed by atoms with Crippen LogP contribution in [0, 0.1) is 13.8 Å². The fourth-order valence-electron chi connectivity index (χ4n) is 2.48. The highest BCUT2D eigenvalue weighted by Gasteiger charge is 2.21. The standard InChI is InChI=1S/C20H19N3O4/c1-12-11-18(23-27-12)22-19(24)14(3)26-20(25)16-9-10-17(21-13(16)2)15-7-5-4-6-8-15/h4-11,14H,1-3H3,(H,22,23,24)/t14-/m0/s1. The van der Waals surface area contributed by atoms with E-state index in [1.807, 2.05) is 30.3 Å². The van der Waals surface area contributed by atoms with Gasteiger partial charge in [0.05, 0.1) is 17.0 Å². The van der Waals surface area contributed by atoms with Crippen molar-refractivity contribution in [3.63, 3.8) is 0 Å². The first-order valence-corrected chi connectivity index (χ1v) is 8.42. The first-order chi connectivity index (χ1) is 12.9. The van der Waals surface area contributed by atoms with Crippen LogP contribution in [-0.4, -0.2) is 28.1 Å². The topological polar surface area (TPSA) is 94.3 Å². The molecular formula is C20H19N3O4. The minimum Gasteiger partial charge on any atom is -0.449 e. The van der Waals surface area contributed by atoms with E-state index in [9.17, 15) is 9.59 Å². The SMILES string of the molecule is Cc1cc(NC(=O)[C@H](C)OC(=O)c2ccc(-c3ccccc3)nc2C)no1. The number of carbonyl (C=O) groups excluding carboxylic acids is 2. The van der Waals surface area contributed by atoms with Crippen molar-refractivity contribution < 1.29 is 18.8 Å². The maximum absolute atomic E-state index is 12.4. The van der Waals surface area contributed by atoms with Crippen molar-refractivity contribution in [3.8, 4) is 11.3 Å². The maximum Gasteiger partial charge on any atom is 0.340 e. The van der Waals surface area contributed by atoms with Gasteiger partial charge < -0.3 is 14.6 Å². The van der Waals surface area contributed by atoms with Crippen molar-refractivity contribution in [2.75, 3.05) is 5.32 Å². The van der Waals surface area contributed by atoms with E-state index in [1.165, 1.54) is 6.92 Å². The summed E-state index contributed by atoms with van der Waals surface area (Å²) in [4.78, 5) is 29.0. The number of hydrogen-bond donors (Lipinski definition) is 1. The molecule has 0 bridgehead atoms. The van der Waals surface area contributed by atoms with Crippen LogP contribution in [0.25, 0.3) is 11.3 Å². The van der Waals surface area contributed by atoms with Crippen LogP contribution in [0.1, 0.15) is 28.7 Å². The Morgan fingerprint density at radius 1 is 1.11 bits per heavy atom. The van der Waals surface area contributed by atoms with Crippen molar-refractivity contribution >= 4 is 17.7 Å². The summed E-state index contributed by atoms with van der Waals surface area (Å²) in [6.45, 7) is 4.92. The summed E-state index contributed by atoms with van der Waals surface area (Å²) in [6, 6.07) is 14.6. The Kier molecular flexibility index (Phi) is 5.30. The molecule has 3 rings (SSSR count). The largest absolute Gasteiger partial charge is 0.449 e. The van der Waals surface area contributed by atoms with Crippen LogP contribution in [0.2, 0.25) is 0 Å². The van der Waals surface area contributed by atoms with Crippen molar-refractivity contribution in [1.29, 1.82) is 0 Å². The average Bonchev–Trinajstić information content (AvgIpc) is 3.06. The number of amides is 1. The van der Waals surface area contributed by atoms with E-state index >= 15 is 0 Å². The summed E-state index contributed by atoms with van der Waals surface area (Å²) in [5.41, 5.74) is 2.56. The van der Waals surface area contributed by atoms with Crippen LogP contribution >= 0.6 is 0 Å². The molecule has 0 saturated heterocycles. The van der Waals surface area contributed by atoms with Gasteiger partial charge in [0, 0.05) is 11.6 Å². The second kappa shape index (κ2) is 7.82. The normalized spacial score (nSPS) is 11.7. The van der Waals surface area contributed by atoms with Gasteiger partial charge in [0.15, 0.2) is 11.9 Å². The Balaban J connectivity index is 1.67. The number of aromatic nitrogens is 2. The summed E-state index contributed by atoms with van der Waals surface area (Å²) in [6.07, 6.45) is -0.997. The molecule has 138 valence electrons. The van der Waals surface area contributed by atoms with Crippen molar-refractivity contribution in [3.05, 3.63) is 65.5 Å². The monoisotopic (exact) mass is 365 g/mol. The summed E-state index contributed by atoms with van der Waals surface area (Å²) in [7, 11) is 0. The van der Waals surface area contributed by atoms with Crippen LogP contribution in [-0.2, 0) is 9.53 Å². The second-order valence-electron chi connectivity index (χ2n) is 6.06. The van der Waals surface area contributed by atoms with E-state index in [0.29, 0.717) is 17.0 Å². The Labute approximate surface area is 156 Å². The fourth-order valence-corrected chi connectivity index (χ4v) is 2.48. The smallest absolute Gasteiger partial charge is 0.340 e. The molecule has 1 N–H and O–H groups in total. The maximum atomic E-state index is 12.4. The molecule has 7 heteroatoms. The molecule has 7 nitrogen and oxygen atoms in total. The van der Waals surface area contributed by atoms with Gasteiger partial charge in [0.25, 0.3) is 5.91 Å². The van der Waals surface area contributed by atoms with Gasteiger partial charge in [-0.15, -0.1) is 0 Å². The molecule has 0 spiro atoms. The molecule has 2 heterocycles. The zero-order valence-corrected chi connectivity index (χ0v) is 15.2. The number of rotatable bonds is 5. The Hall–Kier alpha value is -3.48. The Morgan fingerprint density at radius 2 is 1.85 bits per heavy atom. The lowest BCUT2D eigenvalue weighted by Crippen LogP contribution is -2.30. The lowest BCUT2D eigenvalue weighted by atomic mass is 10.1. The highest BCUT2D eigenvalue weighted by molar-refractivity contribution is 5.97. The number of hydrogen-bond acceptors (Lipinski definition) is 6. The highest BCUT2D eigenvalue weighted by Crippen LogP contribution is 2.19. The quantitative estimate of drug-likeness (QED) is 0.695. The third-order valence-electron chi connectivity index (χ3n) is 3.91. The molecule has 0 fully saturated rings. The van der Waals surface area contributed by atoms with Crippen LogP contribution in [0.5, 0.6) is 0 Å². The van der Waals surface area contributed by atoms with Crippen molar-refractivity contribution in [1.82, 2.24) is 10.1 Å². The number of pyridine rings is 1. The number of ether oxygens (including phenoxy) is 1. The third kappa shape index (κ3) is 4.38. The highest BCUT2D eigenvalue weighted by atomic mass is 16.5. The molecule has 27 heavy (non-hydrogen) atoms. The molecule has 2 aromatic heterocycles. The number of esters is 1. The number of anilines is 1. The minimum atomic E-state index is -0.997. The molecule has 0 unspecified atom stereocenters. The minimum absolute atomic E-state index is 0.269. The van der Waals surface area contributed by atoms with Crippen molar-refractivity contribution in [2.24, 2.45) is 0 Å². The fraction of sp³-hybridized carbons (Fsp3) is 0.200. The van der Waals surface area contributed by atoms with Gasteiger partial charge in [0.2, 0.25) is 0 Å². The van der Waals surface area contributed by atoms with E-state index in [0.717, 1.165) is 11.3 Å². The first kappa shape index (κ1) is 18.3. The zero-order chi connectivity index (χ0) is 19.4. The lowest BCUT2D eigenvalue weighted by molar-refractivity contribution is -0.123. The number of benzene rings is 1. The first-order valence-electron chi connectivity index (χ1n) is 8.42.